The molecule has 150 valence electrons. The van der Waals surface area contributed by atoms with Gasteiger partial charge in [0.05, 0.1) is 24.4 Å². The lowest BCUT2D eigenvalue weighted by Crippen LogP contribution is -2.01. The standard InChI is InChI=1S/C23H21Cl2NO3/c1-3-28-22-13-16(14-26-18-8-10-19(27-2)11-9-18)12-21(25)23(22)29-15-17-6-4-5-7-20(17)24/h4-14H,3,15H2,1-2H3. The Morgan fingerprint density at radius 3 is 2.38 bits per heavy atom. The third kappa shape index (κ3) is 5.66. The van der Waals surface area contributed by atoms with E-state index in [4.69, 9.17) is 37.4 Å². The van der Waals surface area contributed by atoms with Crippen molar-refractivity contribution in [2.24, 2.45) is 4.99 Å². The molecule has 3 aromatic rings. The Morgan fingerprint density at radius 2 is 1.69 bits per heavy atom. The van der Waals surface area contributed by atoms with E-state index in [1.807, 2.05) is 61.5 Å². The molecule has 29 heavy (non-hydrogen) atoms. The number of hydrogen-bond acceptors (Lipinski definition) is 4. The average Bonchev–Trinajstić information content (AvgIpc) is 2.73. The van der Waals surface area contributed by atoms with E-state index in [1.165, 1.54) is 0 Å². The van der Waals surface area contributed by atoms with Gasteiger partial charge in [-0.1, -0.05) is 41.4 Å². The summed E-state index contributed by atoms with van der Waals surface area (Å²) < 4.78 is 16.8. The molecule has 0 radical (unpaired) electrons. The second-order valence-corrected chi connectivity index (χ2v) is 6.91. The van der Waals surface area contributed by atoms with Crippen molar-refractivity contribution < 1.29 is 14.2 Å². The highest BCUT2D eigenvalue weighted by atomic mass is 35.5. The van der Waals surface area contributed by atoms with Gasteiger partial charge in [-0.2, -0.15) is 0 Å². The summed E-state index contributed by atoms with van der Waals surface area (Å²) in [7, 11) is 1.63. The van der Waals surface area contributed by atoms with Crippen molar-refractivity contribution in [3.8, 4) is 17.2 Å². The molecule has 0 saturated carbocycles. The van der Waals surface area contributed by atoms with Crippen LogP contribution < -0.4 is 14.2 Å². The normalized spacial score (nSPS) is 10.9. The highest BCUT2D eigenvalue weighted by Crippen LogP contribution is 2.37. The highest BCUT2D eigenvalue weighted by Gasteiger charge is 2.13. The quantitative estimate of drug-likeness (QED) is 0.372. The van der Waals surface area contributed by atoms with E-state index in [-0.39, 0.29) is 0 Å². The zero-order chi connectivity index (χ0) is 20.6. The van der Waals surface area contributed by atoms with E-state index in [0.29, 0.717) is 34.8 Å². The predicted octanol–water partition coefficient (Wildman–Crippen LogP) is 6.73. The Bertz CT molecular complexity index is 988. The van der Waals surface area contributed by atoms with E-state index < -0.39 is 0 Å². The summed E-state index contributed by atoms with van der Waals surface area (Å²) in [5.41, 5.74) is 2.48. The number of ether oxygens (including phenoxy) is 3. The molecule has 0 fully saturated rings. The lowest BCUT2D eigenvalue weighted by molar-refractivity contribution is 0.269. The fourth-order valence-electron chi connectivity index (χ4n) is 2.65. The molecule has 0 amide bonds. The van der Waals surface area contributed by atoms with E-state index >= 15 is 0 Å². The molecule has 0 atom stereocenters. The summed E-state index contributed by atoms with van der Waals surface area (Å²) in [6.07, 6.45) is 1.73. The number of hydrogen-bond donors (Lipinski definition) is 0. The van der Waals surface area contributed by atoms with Crippen LogP contribution in [0.3, 0.4) is 0 Å². The SMILES string of the molecule is CCOc1cc(C=Nc2ccc(OC)cc2)cc(Cl)c1OCc1ccccc1Cl. The van der Waals surface area contributed by atoms with Crippen molar-refractivity contribution >= 4 is 35.1 Å². The van der Waals surface area contributed by atoms with Crippen LogP contribution in [-0.2, 0) is 6.61 Å². The number of nitrogens with zero attached hydrogens (tertiary/aromatic N) is 1. The van der Waals surface area contributed by atoms with Gasteiger partial charge in [0.2, 0.25) is 0 Å². The van der Waals surface area contributed by atoms with Crippen molar-refractivity contribution in [1.82, 2.24) is 0 Å². The second kappa shape index (κ2) is 10.2. The van der Waals surface area contributed by atoms with Gasteiger partial charge in [-0.25, -0.2) is 0 Å². The fraction of sp³-hybridized carbons (Fsp3) is 0.174. The summed E-state index contributed by atoms with van der Waals surface area (Å²) in [6, 6.07) is 18.6. The molecule has 0 heterocycles. The van der Waals surface area contributed by atoms with Crippen molar-refractivity contribution in [1.29, 1.82) is 0 Å². The molecule has 0 aliphatic heterocycles. The molecule has 3 aromatic carbocycles. The molecule has 0 bridgehead atoms. The van der Waals surface area contributed by atoms with Crippen LogP contribution >= 0.6 is 23.2 Å². The Balaban J connectivity index is 1.81. The third-order valence-corrected chi connectivity index (χ3v) is 4.75. The predicted molar refractivity (Wildman–Crippen MR) is 119 cm³/mol. The summed E-state index contributed by atoms with van der Waals surface area (Å²) in [4.78, 5) is 4.48. The first-order valence-corrected chi connectivity index (χ1v) is 9.87. The molecule has 0 unspecified atom stereocenters. The lowest BCUT2D eigenvalue weighted by atomic mass is 10.2. The van der Waals surface area contributed by atoms with E-state index in [2.05, 4.69) is 4.99 Å². The first-order valence-electron chi connectivity index (χ1n) is 9.11. The zero-order valence-corrected chi connectivity index (χ0v) is 17.7. The molecule has 4 nitrogen and oxygen atoms in total. The summed E-state index contributed by atoms with van der Waals surface area (Å²) in [5, 5.41) is 1.09. The van der Waals surface area contributed by atoms with Gasteiger partial charge in [0.1, 0.15) is 12.4 Å². The van der Waals surface area contributed by atoms with Crippen LogP contribution in [0.2, 0.25) is 10.0 Å². The summed E-state index contributed by atoms with van der Waals surface area (Å²) in [5.74, 6) is 1.82. The Hall–Kier alpha value is -2.69. The minimum atomic E-state index is 0.290. The number of benzene rings is 3. The Labute approximate surface area is 180 Å². The maximum absolute atomic E-state index is 6.48. The molecule has 0 aromatic heterocycles. The average molecular weight is 430 g/mol. The maximum Gasteiger partial charge on any atom is 0.180 e. The van der Waals surface area contributed by atoms with Gasteiger partial charge in [0.15, 0.2) is 11.5 Å². The van der Waals surface area contributed by atoms with E-state index in [1.54, 1.807) is 19.4 Å². The van der Waals surface area contributed by atoms with E-state index in [9.17, 15) is 0 Å². The van der Waals surface area contributed by atoms with Crippen molar-refractivity contribution in [2.45, 2.75) is 13.5 Å². The molecular weight excluding hydrogens is 409 g/mol. The third-order valence-electron chi connectivity index (χ3n) is 4.10. The molecule has 6 heteroatoms. The van der Waals surface area contributed by atoms with Gasteiger partial charge < -0.3 is 14.2 Å². The first kappa shape index (κ1) is 21.0. The number of methoxy groups -OCH3 is 1. The van der Waals surface area contributed by atoms with Gasteiger partial charge in [-0.05, 0) is 55.0 Å². The molecule has 0 aliphatic rings. The van der Waals surface area contributed by atoms with Crippen LogP contribution in [0.5, 0.6) is 17.2 Å². The van der Waals surface area contributed by atoms with Gasteiger partial charge in [-0.15, -0.1) is 0 Å². The van der Waals surface area contributed by atoms with Gasteiger partial charge in [0, 0.05) is 16.8 Å². The van der Waals surface area contributed by atoms with Gasteiger partial charge in [0.25, 0.3) is 0 Å². The lowest BCUT2D eigenvalue weighted by Gasteiger charge is -2.15. The van der Waals surface area contributed by atoms with Crippen LogP contribution in [0, 0.1) is 0 Å². The minimum Gasteiger partial charge on any atom is -0.497 e. The second-order valence-electron chi connectivity index (χ2n) is 6.10. The molecule has 0 aliphatic carbocycles. The van der Waals surface area contributed by atoms with Crippen molar-refractivity contribution in [2.75, 3.05) is 13.7 Å². The molecule has 0 saturated heterocycles. The van der Waals surface area contributed by atoms with E-state index in [0.717, 1.165) is 22.6 Å². The van der Waals surface area contributed by atoms with Crippen LogP contribution in [0.25, 0.3) is 0 Å². The monoisotopic (exact) mass is 429 g/mol. The van der Waals surface area contributed by atoms with Crippen LogP contribution in [-0.4, -0.2) is 19.9 Å². The Morgan fingerprint density at radius 1 is 0.931 bits per heavy atom. The molecule has 3 rings (SSSR count). The zero-order valence-electron chi connectivity index (χ0n) is 16.2. The topological polar surface area (TPSA) is 40.0 Å². The molecule has 0 spiro atoms. The Kier molecular flexibility index (Phi) is 7.39. The maximum atomic E-state index is 6.48. The molecule has 0 N–H and O–H groups in total. The smallest absolute Gasteiger partial charge is 0.180 e. The van der Waals surface area contributed by atoms with Crippen molar-refractivity contribution in [3.05, 3.63) is 81.8 Å². The fourth-order valence-corrected chi connectivity index (χ4v) is 3.11. The molecular formula is C23H21Cl2NO3. The van der Waals surface area contributed by atoms with Gasteiger partial charge >= 0.3 is 0 Å². The highest BCUT2D eigenvalue weighted by molar-refractivity contribution is 6.32. The van der Waals surface area contributed by atoms with Crippen LogP contribution in [0.15, 0.2) is 65.7 Å². The first-order chi connectivity index (χ1) is 14.1. The largest absolute Gasteiger partial charge is 0.497 e. The van der Waals surface area contributed by atoms with Crippen molar-refractivity contribution in [3.63, 3.8) is 0 Å². The number of halogens is 2. The number of rotatable bonds is 8. The minimum absolute atomic E-state index is 0.290. The van der Waals surface area contributed by atoms with Crippen LogP contribution in [0.1, 0.15) is 18.1 Å². The summed E-state index contributed by atoms with van der Waals surface area (Å²) in [6.45, 7) is 2.68. The van der Waals surface area contributed by atoms with Crippen LogP contribution in [0.4, 0.5) is 5.69 Å². The van der Waals surface area contributed by atoms with Gasteiger partial charge in [-0.3, -0.25) is 4.99 Å². The number of aliphatic imine (C=N–C) groups is 1. The summed E-state index contributed by atoms with van der Waals surface area (Å²) >= 11 is 12.7.